The van der Waals surface area contributed by atoms with Gasteiger partial charge in [-0.25, -0.2) is 9.69 Å². The fraction of sp³-hybridized carbons (Fsp3) is 0.444. The molecule has 1 fully saturated rings. The van der Waals surface area contributed by atoms with Crippen molar-refractivity contribution >= 4 is 12.0 Å². The lowest BCUT2D eigenvalue weighted by atomic mass is 10.2. The lowest BCUT2D eigenvalue weighted by Gasteiger charge is -2.09. The van der Waals surface area contributed by atoms with Gasteiger partial charge in [0.05, 0.1) is 6.54 Å². The van der Waals surface area contributed by atoms with Gasteiger partial charge in [-0.15, -0.1) is 6.58 Å². The van der Waals surface area contributed by atoms with Crippen LogP contribution in [0.4, 0.5) is 4.79 Å². The van der Waals surface area contributed by atoms with Gasteiger partial charge in [-0.1, -0.05) is 55.8 Å². The molecule has 0 spiro atoms. The van der Waals surface area contributed by atoms with E-state index >= 15 is 0 Å². The van der Waals surface area contributed by atoms with Crippen LogP contribution in [0.25, 0.3) is 0 Å². The molecule has 1 saturated heterocycles. The molecule has 0 atom stereocenters. The molecule has 0 aromatic heterocycles. The monoisotopic (exact) mass is 305 g/mol. The van der Waals surface area contributed by atoms with E-state index in [0.717, 1.165) is 17.7 Å². The van der Waals surface area contributed by atoms with Gasteiger partial charge in [-0.3, -0.25) is 4.79 Å². The molecule has 0 saturated carbocycles. The highest BCUT2D eigenvalue weighted by atomic mass is 16.6. The summed E-state index contributed by atoms with van der Waals surface area (Å²) in [6.45, 7) is 10.4. The van der Waals surface area contributed by atoms with Crippen LogP contribution in [0.1, 0.15) is 38.7 Å². The van der Waals surface area contributed by atoms with Crippen molar-refractivity contribution in [2.75, 3.05) is 13.2 Å². The topological polar surface area (TPSA) is 46.6 Å². The zero-order valence-electron chi connectivity index (χ0n) is 13.9. The highest BCUT2D eigenvalue weighted by molar-refractivity contribution is 5.92. The number of ether oxygens (including phenoxy) is 1. The van der Waals surface area contributed by atoms with E-state index in [-0.39, 0.29) is 5.91 Å². The standard InChI is InChI=1S/C9H13NO3.C7H8.C2H6/c1-2-3-4-5-8(11)10-6-7-13-9(10)12;1-7-5-3-2-4-6-7;1-2/h2H,1,3-7H2;2-6H,1H3;1-2H3. The van der Waals surface area contributed by atoms with Crippen molar-refractivity contribution in [3.63, 3.8) is 0 Å². The maximum Gasteiger partial charge on any atom is 0.416 e. The molecule has 0 radical (unpaired) electrons. The number of cyclic esters (lactones) is 1. The molecule has 2 amide bonds. The number of aryl methyl sites for hydroxylation is 1. The molecule has 1 aliphatic rings. The van der Waals surface area contributed by atoms with Crippen LogP contribution in [0.15, 0.2) is 43.0 Å². The summed E-state index contributed by atoms with van der Waals surface area (Å²) in [5.41, 5.74) is 1.32. The van der Waals surface area contributed by atoms with Crippen LogP contribution >= 0.6 is 0 Å². The molecule has 0 aliphatic carbocycles. The molecule has 4 nitrogen and oxygen atoms in total. The summed E-state index contributed by atoms with van der Waals surface area (Å²) >= 11 is 0. The van der Waals surface area contributed by atoms with Gasteiger partial charge in [0.15, 0.2) is 0 Å². The van der Waals surface area contributed by atoms with E-state index in [1.54, 1.807) is 6.08 Å². The first-order valence-corrected chi connectivity index (χ1v) is 7.75. The first-order valence-electron chi connectivity index (χ1n) is 7.75. The minimum Gasteiger partial charge on any atom is -0.447 e. The third-order valence-corrected chi connectivity index (χ3v) is 2.80. The number of hydrogen-bond acceptors (Lipinski definition) is 3. The van der Waals surface area contributed by atoms with Gasteiger partial charge >= 0.3 is 6.09 Å². The first kappa shape index (κ1) is 19.9. The van der Waals surface area contributed by atoms with E-state index in [1.807, 2.05) is 32.0 Å². The maximum absolute atomic E-state index is 11.3. The predicted octanol–water partition coefficient (Wildman–Crippen LogP) is 4.34. The second-order valence-electron chi connectivity index (χ2n) is 4.50. The molecule has 1 aromatic carbocycles. The van der Waals surface area contributed by atoms with Gasteiger partial charge in [-0.2, -0.15) is 0 Å². The Bertz CT molecular complexity index is 443. The highest BCUT2D eigenvalue weighted by Crippen LogP contribution is 2.07. The molecule has 2 rings (SSSR count). The first-order chi connectivity index (χ1) is 10.6. The molecule has 0 bridgehead atoms. The van der Waals surface area contributed by atoms with Gasteiger partial charge in [-0.05, 0) is 19.8 Å². The SMILES string of the molecule is C=CCCCC(=O)N1CCOC1=O.CC.Cc1ccccc1. The number of rotatable bonds is 4. The van der Waals surface area contributed by atoms with E-state index < -0.39 is 6.09 Å². The lowest BCUT2D eigenvalue weighted by molar-refractivity contribution is -0.127. The van der Waals surface area contributed by atoms with Crippen LogP contribution < -0.4 is 0 Å². The summed E-state index contributed by atoms with van der Waals surface area (Å²) in [6, 6.07) is 10.3. The van der Waals surface area contributed by atoms with E-state index in [0.29, 0.717) is 19.6 Å². The average molecular weight is 305 g/mol. The minimum absolute atomic E-state index is 0.149. The Hall–Kier alpha value is -2.10. The molecule has 22 heavy (non-hydrogen) atoms. The summed E-state index contributed by atoms with van der Waals surface area (Å²) in [4.78, 5) is 23.4. The van der Waals surface area contributed by atoms with Gasteiger partial charge in [0.2, 0.25) is 5.91 Å². The van der Waals surface area contributed by atoms with E-state index in [4.69, 9.17) is 0 Å². The quantitative estimate of drug-likeness (QED) is 0.614. The zero-order chi connectivity index (χ0) is 16.8. The van der Waals surface area contributed by atoms with E-state index in [2.05, 4.69) is 30.4 Å². The van der Waals surface area contributed by atoms with E-state index in [1.165, 1.54) is 5.56 Å². The summed E-state index contributed by atoms with van der Waals surface area (Å²) in [7, 11) is 0. The minimum atomic E-state index is -0.511. The molecule has 0 unspecified atom stereocenters. The molecule has 1 heterocycles. The van der Waals surface area contributed by atoms with Gasteiger partial charge in [0.1, 0.15) is 6.61 Å². The molecular formula is C18H27NO3. The lowest BCUT2D eigenvalue weighted by Crippen LogP contribution is -2.31. The molecule has 1 aliphatic heterocycles. The van der Waals surface area contributed by atoms with Gasteiger partial charge in [0.25, 0.3) is 0 Å². The number of nitrogens with zero attached hydrogens (tertiary/aromatic N) is 1. The number of carbonyl (C=O) groups excluding carboxylic acids is 2. The number of hydrogen-bond donors (Lipinski definition) is 0. The number of carbonyl (C=O) groups is 2. The van der Waals surface area contributed by atoms with Gasteiger partial charge in [0, 0.05) is 6.42 Å². The van der Waals surface area contributed by atoms with Crippen molar-refractivity contribution in [3.05, 3.63) is 48.6 Å². The van der Waals surface area contributed by atoms with Crippen molar-refractivity contribution in [2.24, 2.45) is 0 Å². The Morgan fingerprint density at radius 3 is 2.36 bits per heavy atom. The van der Waals surface area contributed by atoms with Crippen LogP contribution in [0.5, 0.6) is 0 Å². The fourth-order valence-corrected chi connectivity index (χ4v) is 1.69. The van der Waals surface area contributed by atoms with Crippen LogP contribution in [0.3, 0.4) is 0 Å². The van der Waals surface area contributed by atoms with Crippen molar-refractivity contribution < 1.29 is 14.3 Å². The number of amides is 2. The van der Waals surface area contributed by atoms with Crippen LogP contribution in [-0.4, -0.2) is 30.1 Å². The Kier molecular flexibility index (Phi) is 11.4. The van der Waals surface area contributed by atoms with Crippen molar-refractivity contribution in [3.8, 4) is 0 Å². The molecular weight excluding hydrogens is 278 g/mol. The smallest absolute Gasteiger partial charge is 0.416 e. The Labute approximate surface area is 133 Å². The van der Waals surface area contributed by atoms with E-state index in [9.17, 15) is 9.59 Å². The summed E-state index contributed by atoms with van der Waals surface area (Å²) < 4.78 is 4.64. The van der Waals surface area contributed by atoms with Crippen molar-refractivity contribution in [2.45, 2.75) is 40.0 Å². The molecule has 4 heteroatoms. The normalized spacial score (nSPS) is 12.3. The summed E-state index contributed by atoms with van der Waals surface area (Å²) in [5.74, 6) is -0.149. The number of imide groups is 1. The maximum atomic E-state index is 11.3. The second-order valence-corrected chi connectivity index (χ2v) is 4.50. The van der Waals surface area contributed by atoms with Crippen molar-refractivity contribution in [1.82, 2.24) is 4.90 Å². The van der Waals surface area contributed by atoms with Crippen LogP contribution in [0.2, 0.25) is 0 Å². The second kappa shape index (κ2) is 12.6. The van der Waals surface area contributed by atoms with Crippen LogP contribution in [0, 0.1) is 6.92 Å². The predicted molar refractivity (Wildman–Crippen MR) is 89.6 cm³/mol. The fourth-order valence-electron chi connectivity index (χ4n) is 1.69. The molecule has 0 N–H and O–H groups in total. The Morgan fingerprint density at radius 2 is 1.95 bits per heavy atom. The van der Waals surface area contributed by atoms with Crippen LogP contribution in [-0.2, 0) is 9.53 Å². The van der Waals surface area contributed by atoms with Gasteiger partial charge < -0.3 is 4.74 Å². The summed E-state index contributed by atoms with van der Waals surface area (Å²) in [6.07, 6.45) is 3.18. The largest absolute Gasteiger partial charge is 0.447 e. The third kappa shape index (κ3) is 8.25. The Balaban J connectivity index is 0.000000412. The third-order valence-electron chi connectivity index (χ3n) is 2.80. The number of allylic oxidation sites excluding steroid dienone is 1. The summed E-state index contributed by atoms with van der Waals surface area (Å²) in [5, 5.41) is 0. The molecule has 122 valence electrons. The number of benzene rings is 1. The van der Waals surface area contributed by atoms with Crippen molar-refractivity contribution in [1.29, 1.82) is 0 Å². The molecule has 1 aromatic rings. The Morgan fingerprint density at radius 1 is 1.32 bits per heavy atom. The number of unbranched alkanes of at least 4 members (excludes halogenated alkanes) is 1. The average Bonchev–Trinajstić information content (AvgIpc) is 2.97. The highest BCUT2D eigenvalue weighted by Gasteiger charge is 2.27. The zero-order valence-corrected chi connectivity index (χ0v) is 13.9.